The van der Waals surface area contributed by atoms with Crippen LogP contribution >= 0.6 is 11.8 Å². The average molecular weight is 257 g/mol. The monoisotopic (exact) mass is 257 g/mol. The first-order chi connectivity index (χ1) is 8.05. The van der Waals surface area contributed by atoms with Gasteiger partial charge in [0.25, 0.3) is 0 Å². The van der Waals surface area contributed by atoms with Gasteiger partial charge in [0, 0.05) is 24.4 Å². The fourth-order valence-electron chi connectivity index (χ4n) is 2.04. The van der Waals surface area contributed by atoms with E-state index in [0.717, 1.165) is 37.2 Å². The summed E-state index contributed by atoms with van der Waals surface area (Å²) in [5.41, 5.74) is 0.189. The van der Waals surface area contributed by atoms with Crippen molar-refractivity contribution in [1.82, 2.24) is 10.2 Å². The Balaban J connectivity index is 1.83. The maximum atomic E-state index is 5.71. The van der Waals surface area contributed by atoms with Gasteiger partial charge in [-0.2, -0.15) is 0 Å². The number of nitrogens with one attached hydrogen (secondary N) is 1. The predicted molar refractivity (Wildman–Crippen MR) is 73.8 cm³/mol. The van der Waals surface area contributed by atoms with Crippen LogP contribution in [0.4, 0.5) is 0 Å². The van der Waals surface area contributed by atoms with Crippen LogP contribution < -0.4 is 5.32 Å². The number of hydrogen-bond acceptors (Lipinski definition) is 4. The normalized spacial score (nSPS) is 32.4. The van der Waals surface area contributed by atoms with Crippen LogP contribution in [0.25, 0.3) is 0 Å². The molecule has 2 heterocycles. The molecule has 0 saturated carbocycles. The Morgan fingerprint density at radius 1 is 1.59 bits per heavy atom. The highest BCUT2D eigenvalue weighted by Crippen LogP contribution is 2.21. The molecule has 0 bridgehead atoms. The number of hydrogen-bond donors (Lipinski definition) is 1. The van der Waals surface area contributed by atoms with Crippen LogP contribution in [-0.4, -0.2) is 60.8 Å². The maximum Gasteiger partial charge on any atom is 0.157 e. The fraction of sp³-hybridized carbons (Fsp3) is 0.917. The van der Waals surface area contributed by atoms with Crippen LogP contribution in [0.1, 0.15) is 20.3 Å². The van der Waals surface area contributed by atoms with E-state index in [1.165, 1.54) is 6.42 Å². The molecular formula is C12H23N3OS. The van der Waals surface area contributed by atoms with Crippen LogP contribution in [-0.2, 0) is 4.74 Å². The lowest BCUT2D eigenvalue weighted by atomic mass is 10.0. The molecule has 0 aromatic heterocycles. The number of likely N-dealkylation sites (N-methyl/N-ethyl adjacent to an activating group) is 1. The molecule has 1 unspecified atom stereocenters. The molecule has 2 aliphatic rings. The molecule has 5 heteroatoms. The largest absolute Gasteiger partial charge is 0.374 e. The Bertz CT molecular complexity index is 293. The van der Waals surface area contributed by atoms with Gasteiger partial charge in [0.05, 0.1) is 19.3 Å². The average Bonchev–Trinajstić information content (AvgIpc) is 2.25. The predicted octanol–water partition coefficient (Wildman–Crippen LogP) is 1.18. The molecule has 2 fully saturated rings. The van der Waals surface area contributed by atoms with E-state index < -0.39 is 0 Å². The van der Waals surface area contributed by atoms with Crippen molar-refractivity contribution in [3.63, 3.8) is 0 Å². The van der Waals surface area contributed by atoms with Gasteiger partial charge in [-0.1, -0.05) is 11.8 Å². The fourth-order valence-corrected chi connectivity index (χ4v) is 3.36. The molecular weight excluding hydrogens is 234 g/mol. The highest BCUT2D eigenvalue weighted by atomic mass is 32.2. The lowest BCUT2D eigenvalue weighted by Gasteiger charge is -2.33. The summed E-state index contributed by atoms with van der Waals surface area (Å²) in [5, 5.41) is 4.57. The van der Waals surface area contributed by atoms with Crippen LogP contribution in [0, 0.1) is 0 Å². The molecule has 2 aliphatic heterocycles. The van der Waals surface area contributed by atoms with Gasteiger partial charge >= 0.3 is 0 Å². The molecule has 17 heavy (non-hydrogen) atoms. The van der Waals surface area contributed by atoms with Crippen LogP contribution in [0.3, 0.4) is 0 Å². The van der Waals surface area contributed by atoms with E-state index in [2.05, 4.69) is 36.1 Å². The highest BCUT2D eigenvalue weighted by molar-refractivity contribution is 8.13. The van der Waals surface area contributed by atoms with Crippen molar-refractivity contribution < 1.29 is 4.74 Å². The Morgan fingerprint density at radius 2 is 2.41 bits per heavy atom. The molecule has 0 aromatic rings. The minimum Gasteiger partial charge on any atom is -0.374 e. The van der Waals surface area contributed by atoms with Crippen molar-refractivity contribution >= 4 is 16.9 Å². The summed E-state index contributed by atoms with van der Waals surface area (Å²) in [5.74, 6) is 1.16. The second-order valence-corrected chi connectivity index (χ2v) is 6.59. The maximum absolute atomic E-state index is 5.71. The first kappa shape index (κ1) is 13.2. The van der Waals surface area contributed by atoms with Crippen molar-refractivity contribution in [2.75, 3.05) is 39.0 Å². The molecule has 0 radical (unpaired) electrons. The summed E-state index contributed by atoms with van der Waals surface area (Å²) in [7, 11) is 2.14. The zero-order valence-electron chi connectivity index (χ0n) is 11.0. The summed E-state index contributed by atoms with van der Waals surface area (Å²) >= 11 is 1.82. The van der Waals surface area contributed by atoms with Gasteiger partial charge in [0.15, 0.2) is 5.17 Å². The Hall–Kier alpha value is -0.260. The van der Waals surface area contributed by atoms with Crippen LogP contribution in [0.2, 0.25) is 0 Å². The first-order valence-electron chi connectivity index (χ1n) is 6.31. The van der Waals surface area contributed by atoms with Crippen molar-refractivity contribution in [2.45, 2.75) is 31.9 Å². The third-order valence-electron chi connectivity index (χ3n) is 3.19. The van der Waals surface area contributed by atoms with E-state index in [9.17, 15) is 0 Å². The molecule has 0 aliphatic carbocycles. The third kappa shape index (κ3) is 4.16. The summed E-state index contributed by atoms with van der Waals surface area (Å²) in [6.07, 6.45) is 1.45. The van der Waals surface area contributed by atoms with Gasteiger partial charge < -0.3 is 15.0 Å². The second-order valence-electron chi connectivity index (χ2n) is 5.51. The van der Waals surface area contributed by atoms with Gasteiger partial charge in [0.2, 0.25) is 0 Å². The lowest BCUT2D eigenvalue weighted by molar-refractivity contribution is -0.0136. The van der Waals surface area contributed by atoms with Gasteiger partial charge in [-0.15, -0.1) is 0 Å². The summed E-state index contributed by atoms with van der Waals surface area (Å²) < 4.78 is 5.71. The molecule has 2 saturated heterocycles. The van der Waals surface area contributed by atoms with Gasteiger partial charge in [-0.05, 0) is 27.3 Å². The molecule has 4 nitrogen and oxygen atoms in total. The summed E-state index contributed by atoms with van der Waals surface area (Å²) in [6, 6.07) is 0. The Kier molecular flexibility index (Phi) is 4.33. The SMILES string of the molecule is CN1CCOC(CN=C2NC(C)(C)CCS2)C1. The van der Waals surface area contributed by atoms with Crippen molar-refractivity contribution in [3.05, 3.63) is 0 Å². The number of thioether (sulfide) groups is 1. The van der Waals surface area contributed by atoms with Crippen molar-refractivity contribution in [1.29, 1.82) is 0 Å². The van der Waals surface area contributed by atoms with Gasteiger partial charge in [-0.25, -0.2) is 0 Å². The Labute approximate surface area is 108 Å². The van der Waals surface area contributed by atoms with Gasteiger partial charge in [0.1, 0.15) is 0 Å². The van der Waals surface area contributed by atoms with Crippen LogP contribution in [0.5, 0.6) is 0 Å². The highest BCUT2D eigenvalue weighted by Gasteiger charge is 2.24. The van der Waals surface area contributed by atoms with Crippen molar-refractivity contribution in [2.24, 2.45) is 4.99 Å². The Morgan fingerprint density at radius 3 is 3.12 bits per heavy atom. The minimum atomic E-state index is 0.189. The minimum absolute atomic E-state index is 0.189. The second kappa shape index (κ2) is 5.59. The summed E-state index contributed by atoms with van der Waals surface area (Å²) in [4.78, 5) is 6.96. The smallest absolute Gasteiger partial charge is 0.157 e. The van der Waals surface area contributed by atoms with E-state index >= 15 is 0 Å². The summed E-state index contributed by atoms with van der Waals surface area (Å²) in [6.45, 7) is 8.09. The van der Waals surface area contributed by atoms with Crippen LogP contribution in [0.15, 0.2) is 4.99 Å². The molecule has 1 atom stereocenters. The zero-order valence-corrected chi connectivity index (χ0v) is 11.8. The molecule has 1 N–H and O–H groups in total. The van der Waals surface area contributed by atoms with Gasteiger partial charge in [-0.3, -0.25) is 4.99 Å². The molecule has 98 valence electrons. The number of aliphatic imine (C=N–C) groups is 1. The molecule has 0 amide bonds. The number of rotatable bonds is 2. The number of morpholine rings is 1. The lowest BCUT2D eigenvalue weighted by Crippen LogP contribution is -2.47. The molecule has 2 rings (SSSR count). The number of nitrogens with zero attached hydrogens (tertiary/aromatic N) is 2. The standard InChI is InChI=1S/C12H23N3OS/c1-12(2)4-7-17-11(14-12)13-8-10-9-15(3)5-6-16-10/h10H,4-9H2,1-3H3,(H,13,14). The quantitative estimate of drug-likeness (QED) is 0.806. The van der Waals surface area contributed by atoms with E-state index in [-0.39, 0.29) is 11.6 Å². The van der Waals surface area contributed by atoms with E-state index in [1.807, 2.05) is 11.8 Å². The van der Waals surface area contributed by atoms with Crippen molar-refractivity contribution in [3.8, 4) is 0 Å². The topological polar surface area (TPSA) is 36.9 Å². The van der Waals surface area contributed by atoms with E-state index in [4.69, 9.17) is 4.74 Å². The molecule has 0 spiro atoms. The molecule has 0 aromatic carbocycles. The number of amidine groups is 1. The first-order valence-corrected chi connectivity index (χ1v) is 7.29. The number of ether oxygens (including phenoxy) is 1. The third-order valence-corrected chi connectivity index (χ3v) is 4.10. The zero-order chi connectivity index (χ0) is 12.3. The van der Waals surface area contributed by atoms with E-state index in [0.29, 0.717) is 0 Å². The van der Waals surface area contributed by atoms with E-state index in [1.54, 1.807) is 0 Å².